The van der Waals surface area contributed by atoms with Crippen molar-refractivity contribution in [1.29, 1.82) is 0 Å². The number of rotatable bonds is 11. The molecule has 0 fully saturated rings. The van der Waals surface area contributed by atoms with E-state index in [-0.39, 0.29) is 31.1 Å². The van der Waals surface area contributed by atoms with Crippen molar-refractivity contribution in [3.05, 3.63) is 71.6 Å². The molecule has 2 aromatic heterocycles. The van der Waals surface area contributed by atoms with Crippen LogP contribution in [0.25, 0.3) is 22.4 Å². The minimum atomic E-state index is -0.720. The summed E-state index contributed by atoms with van der Waals surface area (Å²) in [6.45, 7) is 5.96. The van der Waals surface area contributed by atoms with Gasteiger partial charge in [-0.15, -0.1) is 0 Å². The van der Waals surface area contributed by atoms with Crippen molar-refractivity contribution in [1.82, 2.24) is 25.1 Å². The zero-order valence-corrected chi connectivity index (χ0v) is 23.0. The molecular formula is C29H31F2N7O3. The van der Waals surface area contributed by atoms with Crippen LogP contribution in [0.3, 0.4) is 0 Å². The van der Waals surface area contributed by atoms with Crippen molar-refractivity contribution < 1.29 is 23.4 Å². The Labute approximate surface area is 235 Å². The minimum Gasteiger partial charge on any atom is -0.494 e. The summed E-state index contributed by atoms with van der Waals surface area (Å²) in [6, 6.07) is 9.70. The number of allylic oxidation sites excluding steroid dienone is 1. The van der Waals surface area contributed by atoms with Crippen LogP contribution in [0.5, 0.6) is 11.5 Å². The number of anilines is 1. The average molecular weight is 564 g/mol. The molecule has 214 valence electrons. The van der Waals surface area contributed by atoms with Gasteiger partial charge in [0.15, 0.2) is 17.4 Å². The molecule has 3 heterocycles. The number of aliphatic imine (C=N–C) groups is 1. The molecule has 1 aliphatic rings. The number of aliphatic hydroxyl groups is 1. The Bertz CT molecular complexity index is 1580. The van der Waals surface area contributed by atoms with Gasteiger partial charge in [0.2, 0.25) is 0 Å². The van der Waals surface area contributed by atoms with Crippen molar-refractivity contribution in [2.45, 2.75) is 39.9 Å². The Morgan fingerprint density at radius 3 is 2.63 bits per heavy atom. The Morgan fingerprint density at radius 2 is 1.90 bits per heavy atom. The summed E-state index contributed by atoms with van der Waals surface area (Å²) in [5, 5.41) is 21.0. The summed E-state index contributed by atoms with van der Waals surface area (Å²) in [5.41, 5.74) is 1.90. The van der Waals surface area contributed by atoms with E-state index in [0.29, 0.717) is 47.0 Å². The van der Waals surface area contributed by atoms with E-state index in [2.05, 4.69) is 25.7 Å². The number of benzene rings is 2. The molecule has 10 nitrogen and oxygen atoms in total. The molecule has 0 radical (unpaired) electrons. The third-order valence-electron chi connectivity index (χ3n) is 6.32. The van der Waals surface area contributed by atoms with Crippen LogP contribution >= 0.6 is 0 Å². The first kappa shape index (κ1) is 28.0. The highest BCUT2D eigenvalue weighted by Gasteiger charge is 2.21. The number of para-hydroxylation sites is 1. The predicted molar refractivity (Wildman–Crippen MR) is 152 cm³/mol. The van der Waals surface area contributed by atoms with E-state index >= 15 is 0 Å². The molecule has 5 rings (SSSR count). The van der Waals surface area contributed by atoms with Crippen LogP contribution in [0.1, 0.15) is 32.8 Å². The molecule has 1 atom stereocenters. The van der Waals surface area contributed by atoms with Gasteiger partial charge in [-0.1, -0.05) is 18.2 Å². The number of nitrogens with zero attached hydrogens (tertiary/aromatic N) is 5. The lowest BCUT2D eigenvalue weighted by Gasteiger charge is -2.21. The topological polar surface area (TPSA) is 119 Å². The predicted octanol–water partition coefficient (Wildman–Crippen LogP) is 4.64. The quantitative estimate of drug-likeness (QED) is 0.226. The van der Waals surface area contributed by atoms with E-state index in [0.717, 1.165) is 11.5 Å². The SMILES string of the molecule is CCOc1cc(F)c(Cn2nc(-c3ncc(OCCCO)c(NC4C=C(C)NC(C)=N4)n3)c3ccccc32)c(F)c1. The molecule has 0 aliphatic carbocycles. The van der Waals surface area contributed by atoms with Crippen LogP contribution in [0, 0.1) is 11.6 Å². The zero-order chi connectivity index (χ0) is 28.9. The van der Waals surface area contributed by atoms with Crippen LogP contribution in [-0.4, -0.2) is 56.7 Å². The molecule has 0 amide bonds. The maximum absolute atomic E-state index is 14.9. The van der Waals surface area contributed by atoms with Crippen LogP contribution in [0.15, 0.2) is 59.4 Å². The number of ether oxygens (including phenoxy) is 2. The van der Waals surface area contributed by atoms with Crippen LogP contribution in [0.2, 0.25) is 0 Å². The Hall–Kier alpha value is -4.58. The molecular weight excluding hydrogens is 532 g/mol. The number of halogens is 2. The minimum absolute atomic E-state index is 0.0135. The van der Waals surface area contributed by atoms with Gasteiger partial charge in [-0.2, -0.15) is 5.10 Å². The number of aromatic nitrogens is 4. The fourth-order valence-electron chi connectivity index (χ4n) is 4.54. The Kier molecular flexibility index (Phi) is 8.39. The first-order valence-electron chi connectivity index (χ1n) is 13.3. The summed E-state index contributed by atoms with van der Waals surface area (Å²) < 4.78 is 42.4. The van der Waals surface area contributed by atoms with Gasteiger partial charge in [-0.3, -0.25) is 4.68 Å². The molecule has 12 heteroatoms. The first-order valence-corrected chi connectivity index (χ1v) is 13.3. The van der Waals surface area contributed by atoms with Gasteiger partial charge in [0.1, 0.15) is 35.1 Å². The number of amidine groups is 1. The third-order valence-corrected chi connectivity index (χ3v) is 6.32. The van der Waals surface area contributed by atoms with E-state index in [1.807, 2.05) is 44.2 Å². The highest BCUT2D eigenvalue weighted by Crippen LogP contribution is 2.31. The van der Waals surface area contributed by atoms with Crippen LogP contribution in [0.4, 0.5) is 14.6 Å². The summed E-state index contributed by atoms with van der Waals surface area (Å²) in [4.78, 5) is 13.8. The lowest BCUT2D eigenvalue weighted by atomic mass is 10.1. The highest BCUT2D eigenvalue weighted by molar-refractivity contribution is 5.92. The number of nitrogens with one attached hydrogen (secondary N) is 2. The number of hydrogen-bond donors (Lipinski definition) is 3. The maximum atomic E-state index is 14.9. The second-order valence-electron chi connectivity index (χ2n) is 9.43. The van der Waals surface area contributed by atoms with E-state index < -0.39 is 17.8 Å². The molecule has 0 spiro atoms. The Morgan fingerprint density at radius 1 is 1.12 bits per heavy atom. The van der Waals surface area contributed by atoms with Crippen molar-refractivity contribution >= 4 is 22.6 Å². The lowest BCUT2D eigenvalue weighted by Crippen LogP contribution is -2.30. The number of aliphatic hydroxyl groups excluding tert-OH is 1. The highest BCUT2D eigenvalue weighted by atomic mass is 19.1. The van der Waals surface area contributed by atoms with E-state index in [1.54, 1.807) is 6.92 Å². The molecule has 0 saturated heterocycles. The van der Waals surface area contributed by atoms with E-state index in [1.165, 1.54) is 23.0 Å². The molecule has 2 aromatic carbocycles. The molecule has 41 heavy (non-hydrogen) atoms. The second-order valence-corrected chi connectivity index (χ2v) is 9.43. The van der Waals surface area contributed by atoms with Gasteiger partial charge < -0.3 is 25.2 Å². The Balaban J connectivity index is 1.54. The van der Waals surface area contributed by atoms with Gasteiger partial charge in [-0.25, -0.2) is 23.7 Å². The number of fused-ring (bicyclic) bond motifs is 1. The fraction of sp³-hybridized carbons (Fsp3) is 0.310. The van der Waals surface area contributed by atoms with Gasteiger partial charge in [-0.05, 0) is 32.9 Å². The summed E-state index contributed by atoms with van der Waals surface area (Å²) >= 11 is 0. The van der Waals surface area contributed by atoms with Gasteiger partial charge in [0.25, 0.3) is 0 Å². The summed E-state index contributed by atoms with van der Waals surface area (Å²) in [5.74, 6) is 0.513. The smallest absolute Gasteiger partial charge is 0.182 e. The third kappa shape index (κ3) is 6.27. The normalized spacial score (nSPS) is 14.8. The van der Waals surface area contributed by atoms with Gasteiger partial charge in [0, 0.05) is 41.8 Å². The van der Waals surface area contributed by atoms with E-state index in [4.69, 9.17) is 14.5 Å². The van der Waals surface area contributed by atoms with Crippen molar-refractivity contribution in [3.8, 4) is 23.0 Å². The summed E-state index contributed by atoms with van der Waals surface area (Å²) in [7, 11) is 0. The molecule has 3 N–H and O–H groups in total. The standard InChI is InChI=1S/C29H31F2N7O3/c1-4-40-19-13-22(30)21(23(31)14-19)16-38-24-9-6-5-8-20(24)27(37-38)29-32-15-25(41-11-7-10-39)28(36-29)35-26-12-17(2)33-18(3)34-26/h5-6,8-9,12-15,26,39H,4,7,10-11,16H2,1-3H3,(H,33,34)(H,32,35,36). The fourth-order valence-corrected chi connectivity index (χ4v) is 4.54. The van der Waals surface area contributed by atoms with Gasteiger partial charge in [0.05, 0.1) is 31.5 Å². The monoisotopic (exact) mass is 563 g/mol. The summed E-state index contributed by atoms with van der Waals surface area (Å²) in [6.07, 6.45) is 3.49. The van der Waals surface area contributed by atoms with E-state index in [9.17, 15) is 13.9 Å². The van der Waals surface area contributed by atoms with Crippen LogP contribution < -0.4 is 20.1 Å². The number of hydrogen-bond acceptors (Lipinski definition) is 9. The molecule has 0 bridgehead atoms. The van der Waals surface area contributed by atoms with Crippen molar-refractivity contribution in [3.63, 3.8) is 0 Å². The first-order chi connectivity index (χ1) is 19.9. The molecule has 1 unspecified atom stereocenters. The molecule has 4 aromatic rings. The van der Waals surface area contributed by atoms with Gasteiger partial charge >= 0.3 is 0 Å². The molecule has 0 saturated carbocycles. The van der Waals surface area contributed by atoms with Crippen molar-refractivity contribution in [2.75, 3.05) is 25.1 Å². The average Bonchev–Trinajstić information content (AvgIpc) is 3.30. The second kappa shape index (κ2) is 12.3. The van der Waals surface area contributed by atoms with Crippen LogP contribution in [-0.2, 0) is 6.54 Å². The zero-order valence-electron chi connectivity index (χ0n) is 23.0. The van der Waals surface area contributed by atoms with Crippen molar-refractivity contribution in [2.24, 2.45) is 4.99 Å². The largest absolute Gasteiger partial charge is 0.494 e. The lowest BCUT2D eigenvalue weighted by molar-refractivity contribution is 0.233. The maximum Gasteiger partial charge on any atom is 0.182 e. The molecule has 1 aliphatic heterocycles.